The first kappa shape index (κ1) is 14.7. The summed E-state index contributed by atoms with van der Waals surface area (Å²) in [4.78, 5) is 27.4. The molecule has 0 fully saturated rings. The second-order valence-electron chi connectivity index (χ2n) is 1.63. The molecular formula is C4H8NaO4PS. The van der Waals surface area contributed by atoms with Gasteiger partial charge in [-0.05, 0) is 6.42 Å². The largest absolute Gasteiger partial charge is 1.00 e. The van der Waals surface area contributed by atoms with Gasteiger partial charge in [0, 0.05) is 5.75 Å². The summed E-state index contributed by atoms with van der Waals surface area (Å²) in [7, 11) is -4.71. The third-order valence-corrected chi connectivity index (χ3v) is 3.06. The van der Waals surface area contributed by atoms with Crippen molar-refractivity contribution in [2.45, 2.75) is 13.3 Å². The van der Waals surface area contributed by atoms with E-state index in [9.17, 15) is 14.3 Å². The van der Waals surface area contributed by atoms with Gasteiger partial charge in [-0.1, -0.05) is 18.7 Å². The summed E-state index contributed by atoms with van der Waals surface area (Å²) in [5.74, 6) is 0.422. The molecule has 0 saturated carbocycles. The number of thioether (sulfide) groups is 1. The van der Waals surface area contributed by atoms with E-state index in [-0.39, 0.29) is 29.6 Å². The molecule has 4 nitrogen and oxygen atoms in total. The van der Waals surface area contributed by atoms with Gasteiger partial charge in [-0.25, -0.2) is 0 Å². The minimum atomic E-state index is -4.71. The summed E-state index contributed by atoms with van der Waals surface area (Å²) in [6.45, 7) is 1.81. The minimum absolute atomic E-state index is 0. The van der Waals surface area contributed by atoms with E-state index in [1.54, 1.807) is 0 Å². The predicted octanol–water partition coefficient (Wildman–Crippen LogP) is -2.20. The Balaban J connectivity index is 0. The van der Waals surface area contributed by atoms with Crippen molar-refractivity contribution in [1.29, 1.82) is 0 Å². The maximum atomic E-state index is 10.4. The molecule has 0 rings (SSSR count). The zero-order chi connectivity index (χ0) is 8.20. The monoisotopic (exact) mass is 206 g/mol. The Kier molecular flexibility index (Phi) is 8.89. The van der Waals surface area contributed by atoms with Crippen molar-refractivity contribution < 1.29 is 48.7 Å². The van der Waals surface area contributed by atoms with Crippen LogP contribution in [0.3, 0.4) is 0 Å². The summed E-state index contributed by atoms with van der Waals surface area (Å²) in [5.41, 5.74) is 0. The molecule has 1 unspecified atom stereocenters. The Hall–Kier alpha value is 1.17. The first-order valence-electron chi connectivity index (χ1n) is 2.69. The van der Waals surface area contributed by atoms with Crippen LogP contribution >= 0.6 is 19.4 Å². The molecule has 0 aromatic heterocycles. The fourth-order valence-electron chi connectivity index (χ4n) is 0.271. The summed E-state index contributed by atoms with van der Waals surface area (Å²) in [6.07, 6.45) is 0.705. The number of carbonyl (C=O) groups excluding carboxylic acids is 1. The molecule has 1 N–H and O–H groups in total. The van der Waals surface area contributed by atoms with E-state index in [0.717, 1.165) is 0 Å². The molecule has 7 heteroatoms. The Bertz CT molecular complexity index is 167. The van der Waals surface area contributed by atoms with Gasteiger partial charge >= 0.3 is 29.6 Å². The minimum Gasteiger partial charge on any atom is -0.772 e. The smallest absolute Gasteiger partial charge is 0.772 e. The molecule has 0 spiro atoms. The van der Waals surface area contributed by atoms with Crippen LogP contribution in [0.4, 0.5) is 4.79 Å². The maximum Gasteiger partial charge on any atom is 1.00 e. The maximum absolute atomic E-state index is 10.4. The van der Waals surface area contributed by atoms with Gasteiger partial charge in [0.2, 0.25) is 7.60 Å². The van der Waals surface area contributed by atoms with Gasteiger partial charge in [-0.15, -0.1) is 0 Å². The summed E-state index contributed by atoms with van der Waals surface area (Å²) in [6, 6.07) is 0. The van der Waals surface area contributed by atoms with Crippen LogP contribution in [0, 0.1) is 0 Å². The molecule has 11 heavy (non-hydrogen) atoms. The summed E-state index contributed by atoms with van der Waals surface area (Å²) < 4.78 is 10.1. The molecule has 0 bridgehead atoms. The second kappa shape index (κ2) is 6.66. The van der Waals surface area contributed by atoms with Gasteiger partial charge < -0.3 is 14.4 Å². The number of hydrogen-bond acceptors (Lipinski definition) is 4. The number of hydrogen-bond donors (Lipinski definition) is 1. The Morgan fingerprint density at radius 2 is 2.18 bits per heavy atom. The number of carbonyl (C=O) groups is 1. The van der Waals surface area contributed by atoms with Gasteiger partial charge in [0.25, 0.3) is 4.86 Å². The van der Waals surface area contributed by atoms with Crippen LogP contribution in [0.2, 0.25) is 0 Å². The first-order chi connectivity index (χ1) is 4.48. The predicted molar refractivity (Wildman–Crippen MR) is 38.0 cm³/mol. The molecule has 0 aromatic carbocycles. The van der Waals surface area contributed by atoms with Crippen LogP contribution < -0.4 is 34.5 Å². The van der Waals surface area contributed by atoms with Crippen molar-refractivity contribution in [1.82, 2.24) is 0 Å². The molecular weight excluding hydrogens is 198 g/mol. The van der Waals surface area contributed by atoms with Crippen LogP contribution in [-0.2, 0) is 4.57 Å². The van der Waals surface area contributed by atoms with E-state index in [1.807, 2.05) is 6.92 Å². The van der Waals surface area contributed by atoms with E-state index in [4.69, 9.17) is 4.89 Å². The van der Waals surface area contributed by atoms with E-state index in [0.29, 0.717) is 23.9 Å². The molecule has 0 heterocycles. The fourth-order valence-corrected chi connectivity index (χ4v) is 1.58. The zero-order valence-electron chi connectivity index (χ0n) is 6.44. The van der Waals surface area contributed by atoms with Gasteiger partial charge in [0.1, 0.15) is 0 Å². The molecule has 0 aliphatic heterocycles. The van der Waals surface area contributed by atoms with Crippen molar-refractivity contribution in [2.24, 2.45) is 0 Å². The molecule has 0 saturated heterocycles. The summed E-state index contributed by atoms with van der Waals surface area (Å²) >= 11 is 0.619. The molecule has 0 aromatic rings. The van der Waals surface area contributed by atoms with Crippen LogP contribution in [0.5, 0.6) is 0 Å². The van der Waals surface area contributed by atoms with E-state index < -0.39 is 12.5 Å². The Labute approximate surface area is 91.6 Å². The van der Waals surface area contributed by atoms with E-state index in [2.05, 4.69) is 0 Å². The first-order valence-corrected chi connectivity index (χ1v) is 5.26. The van der Waals surface area contributed by atoms with Crippen molar-refractivity contribution in [3.63, 3.8) is 0 Å². The van der Waals surface area contributed by atoms with E-state index in [1.165, 1.54) is 0 Å². The van der Waals surface area contributed by atoms with Crippen LogP contribution in [-0.4, -0.2) is 15.5 Å². The van der Waals surface area contributed by atoms with Crippen LogP contribution in [0.1, 0.15) is 13.3 Å². The Morgan fingerprint density at radius 1 is 1.73 bits per heavy atom. The van der Waals surface area contributed by atoms with Crippen molar-refractivity contribution in [3.05, 3.63) is 0 Å². The van der Waals surface area contributed by atoms with Crippen molar-refractivity contribution in [3.8, 4) is 0 Å². The average Bonchev–Trinajstić information content (AvgIpc) is 1.80. The van der Waals surface area contributed by atoms with Crippen LogP contribution in [0.25, 0.3) is 0 Å². The standard InChI is InChI=1S/C4H9O4PS.Na/c1-2-3-10-4(5)9(6,7)8;/h2-3H2,1H3,(H2,6,7,8);/q;+1/p-1. The average molecular weight is 206 g/mol. The molecule has 0 amide bonds. The molecule has 60 valence electrons. The molecule has 0 aliphatic rings. The zero-order valence-corrected chi connectivity index (χ0v) is 10.2. The quantitative estimate of drug-likeness (QED) is 0.419. The van der Waals surface area contributed by atoms with Gasteiger partial charge in [-0.3, -0.25) is 4.79 Å². The normalized spacial score (nSPS) is 14.8. The Morgan fingerprint density at radius 3 is 2.45 bits per heavy atom. The SMILES string of the molecule is CCCSC(=O)P(=O)([O-])O.[Na+]. The van der Waals surface area contributed by atoms with Crippen LogP contribution in [0.15, 0.2) is 0 Å². The second-order valence-corrected chi connectivity index (χ2v) is 4.45. The van der Waals surface area contributed by atoms with E-state index >= 15 is 0 Å². The summed E-state index contributed by atoms with van der Waals surface area (Å²) in [5, 5.41) is 0. The third kappa shape index (κ3) is 7.53. The van der Waals surface area contributed by atoms with Gasteiger partial charge in [-0.2, -0.15) is 0 Å². The topological polar surface area (TPSA) is 77.4 Å². The van der Waals surface area contributed by atoms with Gasteiger partial charge in [0.15, 0.2) is 0 Å². The van der Waals surface area contributed by atoms with Crippen molar-refractivity contribution >= 4 is 24.2 Å². The fraction of sp³-hybridized carbons (Fsp3) is 0.750. The van der Waals surface area contributed by atoms with Gasteiger partial charge in [0.05, 0.1) is 0 Å². The molecule has 0 radical (unpaired) electrons. The molecule has 0 aliphatic carbocycles. The molecule has 1 atom stereocenters. The van der Waals surface area contributed by atoms with Crippen molar-refractivity contribution in [2.75, 3.05) is 5.75 Å². The third-order valence-electron chi connectivity index (χ3n) is 0.660. The number of rotatable bonds is 3.